The lowest BCUT2D eigenvalue weighted by molar-refractivity contribution is 0.0921. The molecule has 24 heavy (non-hydrogen) atoms. The molecule has 0 saturated carbocycles. The van der Waals surface area contributed by atoms with Gasteiger partial charge in [0.25, 0.3) is 5.91 Å². The molecule has 0 radical (unpaired) electrons. The van der Waals surface area contributed by atoms with E-state index in [2.05, 4.69) is 30.4 Å². The molecule has 0 saturated heterocycles. The van der Waals surface area contributed by atoms with Crippen LogP contribution in [0.1, 0.15) is 41.9 Å². The number of rotatable bonds is 4. The number of aromatic nitrogens is 4. The highest BCUT2D eigenvalue weighted by atomic mass is 16.2. The number of carbonyl (C=O) groups excluding carboxylic acids is 1. The van der Waals surface area contributed by atoms with Gasteiger partial charge in [0, 0.05) is 38.3 Å². The molecular weight excluding hydrogens is 308 g/mol. The number of amides is 1. The number of carbonyl (C=O) groups is 1. The molecule has 1 amide bonds. The van der Waals surface area contributed by atoms with Gasteiger partial charge in [-0.05, 0) is 12.0 Å². The minimum Gasteiger partial charge on any atom is -0.342 e. The highest BCUT2D eigenvalue weighted by molar-refractivity contribution is 5.94. The molecule has 128 valence electrons. The van der Waals surface area contributed by atoms with Gasteiger partial charge in [-0.25, -0.2) is 0 Å². The number of nitrogens with zero attached hydrogens (tertiary/aromatic N) is 3. The molecule has 0 unspecified atom stereocenters. The molecule has 1 aliphatic rings. The van der Waals surface area contributed by atoms with Crippen molar-refractivity contribution in [2.45, 2.75) is 32.9 Å². The molecule has 8 heteroatoms. The van der Waals surface area contributed by atoms with Crippen molar-refractivity contribution in [1.82, 2.24) is 30.4 Å². The van der Waals surface area contributed by atoms with Crippen LogP contribution in [0.15, 0.2) is 23.1 Å². The SMILES string of the molecule is CC(C)[C@@H](NC(=O)c1ccc(=O)[nH]c1)c1nnc2n1CCNCC2. The van der Waals surface area contributed by atoms with Crippen molar-refractivity contribution >= 4 is 5.91 Å². The monoisotopic (exact) mass is 330 g/mol. The van der Waals surface area contributed by atoms with E-state index in [-0.39, 0.29) is 23.4 Å². The Bertz CT molecular complexity index is 759. The molecular formula is C16H22N6O2. The molecule has 3 N–H and O–H groups in total. The van der Waals surface area contributed by atoms with Gasteiger partial charge in [0.2, 0.25) is 5.56 Å². The summed E-state index contributed by atoms with van der Waals surface area (Å²) in [7, 11) is 0. The van der Waals surface area contributed by atoms with Crippen LogP contribution in [0.2, 0.25) is 0 Å². The molecule has 2 aromatic heterocycles. The van der Waals surface area contributed by atoms with Crippen LogP contribution in [-0.4, -0.2) is 38.7 Å². The largest absolute Gasteiger partial charge is 0.342 e. The smallest absolute Gasteiger partial charge is 0.253 e. The number of H-pyrrole nitrogens is 1. The molecule has 0 aliphatic carbocycles. The molecule has 1 atom stereocenters. The Labute approximate surface area is 139 Å². The third-order valence-electron chi connectivity index (χ3n) is 4.17. The van der Waals surface area contributed by atoms with Gasteiger partial charge in [-0.3, -0.25) is 9.59 Å². The van der Waals surface area contributed by atoms with Crippen LogP contribution in [0, 0.1) is 5.92 Å². The fraction of sp³-hybridized carbons (Fsp3) is 0.500. The zero-order valence-corrected chi connectivity index (χ0v) is 13.9. The summed E-state index contributed by atoms with van der Waals surface area (Å²) in [6, 6.07) is 2.61. The molecule has 3 rings (SSSR count). The molecule has 0 aromatic carbocycles. The number of hydrogen-bond donors (Lipinski definition) is 3. The van der Waals surface area contributed by atoms with E-state index >= 15 is 0 Å². The Morgan fingerprint density at radius 2 is 2.12 bits per heavy atom. The third-order valence-corrected chi connectivity index (χ3v) is 4.17. The normalized spacial score (nSPS) is 15.6. The molecule has 0 fully saturated rings. The maximum atomic E-state index is 12.5. The minimum absolute atomic E-state index is 0.154. The van der Waals surface area contributed by atoms with E-state index in [0.717, 1.165) is 37.7 Å². The van der Waals surface area contributed by atoms with Crippen molar-refractivity contribution in [3.05, 3.63) is 45.9 Å². The average molecular weight is 330 g/mol. The van der Waals surface area contributed by atoms with E-state index in [0.29, 0.717) is 5.56 Å². The van der Waals surface area contributed by atoms with Gasteiger partial charge in [0.05, 0.1) is 11.6 Å². The first-order valence-corrected chi connectivity index (χ1v) is 8.18. The highest BCUT2D eigenvalue weighted by Crippen LogP contribution is 2.22. The van der Waals surface area contributed by atoms with Gasteiger partial charge in [-0.2, -0.15) is 0 Å². The van der Waals surface area contributed by atoms with Crippen LogP contribution in [0.25, 0.3) is 0 Å². The predicted molar refractivity (Wildman–Crippen MR) is 88.7 cm³/mol. The van der Waals surface area contributed by atoms with Crippen molar-refractivity contribution in [1.29, 1.82) is 0 Å². The first-order valence-electron chi connectivity index (χ1n) is 8.18. The van der Waals surface area contributed by atoms with Crippen molar-refractivity contribution in [2.24, 2.45) is 5.92 Å². The second-order valence-electron chi connectivity index (χ2n) is 6.26. The lowest BCUT2D eigenvalue weighted by atomic mass is 10.0. The van der Waals surface area contributed by atoms with Gasteiger partial charge in [0.1, 0.15) is 5.82 Å². The standard InChI is InChI=1S/C16H22N6O2/c1-10(2)14(19-16(24)11-3-4-13(23)18-9-11)15-21-20-12-5-6-17-7-8-22(12)15/h3-4,9-10,14,17H,5-8H2,1-2H3,(H,18,23)(H,19,24)/t14-/m1/s1. The molecule has 0 spiro atoms. The minimum atomic E-state index is -0.247. The van der Waals surface area contributed by atoms with Crippen molar-refractivity contribution in [2.75, 3.05) is 13.1 Å². The summed E-state index contributed by atoms with van der Waals surface area (Å²) in [5.74, 6) is 1.63. The summed E-state index contributed by atoms with van der Waals surface area (Å²) < 4.78 is 2.10. The van der Waals surface area contributed by atoms with Gasteiger partial charge in [-0.1, -0.05) is 13.8 Å². The first-order chi connectivity index (χ1) is 11.6. The van der Waals surface area contributed by atoms with Crippen LogP contribution < -0.4 is 16.2 Å². The van der Waals surface area contributed by atoms with Gasteiger partial charge in [-0.15, -0.1) is 10.2 Å². The number of aromatic amines is 1. The summed E-state index contributed by atoms with van der Waals surface area (Å²) in [4.78, 5) is 26.2. The van der Waals surface area contributed by atoms with E-state index < -0.39 is 0 Å². The molecule has 3 heterocycles. The van der Waals surface area contributed by atoms with Crippen LogP contribution in [0.4, 0.5) is 0 Å². The zero-order valence-electron chi connectivity index (χ0n) is 13.9. The summed E-state index contributed by atoms with van der Waals surface area (Å²) in [5, 5.41) is 15.0. The van der Waals surface area contributed by atoms with E-state index in [1.54, 1.807) is 0 Å². The molecule has 1 aliphatic heterocycles. The van der Waals surface area contributed by atoms with E-state index in [4.69, 9.17) is 0 Å². The van der Waals surface area contributed by atoms with Crippen molar-refractivity contribution in [3.63, 3.8) is 0 Å². The topological polar surface area (TPSA) is 105 Å². The van der Waals surface area contributed by atoms with Gasteiger partial charge < -0.3 is 20.2 Å². The van der Waals surface area contributed by atoms with E-state index in [1.165, 1.54) is 18.3 Å². The second kappa shape index (κ2) is 6.96. The second-order valence-corrected chi connectivity index (χ2v) is 6.26. The summed E-state index contributed by atoms with van der Waals surface area (Å²) in [6.07, 6.45) is 2.25. The maximum absolute atomic E-state index is 12.5. The Kier molecular flexibility index (Phi) is 4.75. The van der Waals surface area contributed by atoms with Crippen molar-refractivity contribution < 1.29 is 4.79 Å². The van der Waals surface area contributed by atoms with E-state index in [9.17, 15) is 9.59 Å². The third kappa shape index (κ3) is 3.38. The number of nitrogens with one attached hydrogen (secondary N) is 3. The van der Waals surface area contributed by atoms with Crippen LogP contribution in [0.5, 0.6) is 0 Å². The fourth-order valence-electron chi connectivity index (χ4n) is 2.83. The molecule has 0 bridgehead atoms. The fourth-order valence-corrected chi connectivity index (χ4v) is 2.83. The van der Waals surface area contributed by atoms with E-state index in [1.807, 2.05) is 13.8 Å². The van der Waals surface area contributed by atoms with Gasteiger partial charge >= 0.3 is 0 Å². The van der Waals surface area contributed by atoms with Crippen LogP contribution in [0.3, 0.4) is 0 Å². The number of fused-ring (bicyclic) bond motifs is 1. The molecule has 2 aromatic rings. The maximum Gasteiger partial charge on any atom is 0.253 e. The summed E-state index contributed by atoms with van der Waals surface area (Å²) in [5.41, 5.74) is 0.180. The number of pyridine rings is 1. The first kappa shape index (κ1) is 16.4. The Balaban J connectivity index is 1.85. The quantitative estimate of drug-likeness (QED) is 0.745. The Morgan fingerprint density at radius 1 is 1.29 bits per heavy atom. The Morgan fingerprint density at radius 3 is 2.83 bits per heavy atom. The number of hydrogen-bond acceptors (Lipinski definition) is 5. The van der Waals surface area contributed by atoms with Crippen molar-refractivity contribution in [3.8, 4) is 0 Å². The Hall–Kier alpha value is -2.48. The van der Waals surface area contributed by atoms with Crippen LogP contribution >= 0.6 is 0 Å². The average Bonchev–Trinajstić information content (AvgIpc) is 2.80. The lowest BCUT2D eigenvalue weighted by Crippen LogP contribution is -2.34. The molecule has 8 nitrogen and oxygen atoms in total. The summed E-state index contributed by atoms with van der Waals surface area (Å²) in [6.45, 7) is 6.60. The predicted octanol–water partition coefficient (Wildman–Crippen LogP) is 0.239. The zero-order chi connectivity index (χ0) is 17.1. The highest BCUT2D eigenvalue weighted by Gasteiger charge is 2.26. The lowest BCUT2D eigenvalue weighted by Gasteiger charge is -2.22. The van der Waals surface area contributed by atoms with Crippen LogP contribution in [-0.2, 0) is 13.0 Å². The van der Waals surface area contributed by atoms with Gasteiger partial charge in [0.15, 0.2) is 5.82 Å². The summed E-state index contributed by atoms with van der Waals surface area (Å²) >= 11 is 0.